The first-order chi connectivity index (χ1) is 14.2. The van der Waals surface area contributed by atoms with Crippen LogP contribution in [0.5, 0.6) is 11.5 Å². The van der Waals surface area contributed by atoms with Crippen molar-refractivity contribution in [1.82, 2.24) is 4.90 Å². The molecule has 2 aliphatic heterocycles. The Morgan fingerprint density at radius 2 is 1.93 bits per heavy atom. The minimum Gasteiger partial charge on any atom is -0.493 e. The van der Waals surface area contributed by atoms with E-state index in [9.17, 15) is 4.79 Å². The Labute approximate surface area is 174 Å². The van der Waals surface area contributed by atoms with Crippen molar-refractivity contribution < 1.29 is 19.0 Å². The number of rotatable bonds is 5. The summed E-state index contributed by atoms with van der Waals surface area (Å²) in [6.45, 7) is 3.27. The predicted molar refractivity (Wildman–Crippen MR) is 114 cm³/mol. The Morgan fingerprint density at radius 1 is 1.14 bits per heavy atom. The fourth-order valence-corrected chi connectivity index (χ4v) is 4.04. The SMILES string of the molecule is COc1ccc(/C=C2/SC(N3CCOCC3)=NC2=O)cc1OCc1ccccc1. The quantitative estimate of drug-likeness (QED) is 0.703. The van der Waals surface area contributed by atoms with Gasteiger partial charge in [-0.05, 0) is 41.1 Å². The van der Waals surface area contributed by atoms with Gasteiger partial charge in [0.25, 0.3) is 5.91 Å². The van der Waals surface area contributed by atoms with Crippen molar-refractivity contribution in [1.29, 1.82) is 0 Å². The predicted octanol–water partition coefficient (Wildman–Crippen LogP) is 3.58. The standard InChI is InChI=1S/C22H22N2O4S/c1-26-18-8-7-17(13-19(18)28-15-16-5-3-2-4-6-16)14-20-21(25)23-22(29-20)24-9-11-27-12-10-24/h2-8,13-14H,9-12,15H2,1H3/b20-14+. The number of nitrogens with zero attached hydrogens (tertiary/aromatic N) is 2. The maximum Gasteiger partial charge on any atom is 0.286 e. The summed E-state index contributed by atoms with van der Waals surface area (Å²) in [5.74, 6) is 1.08. The first-order valence-electron chi connectivity index (χ1n) is 9.43. The highest BCUT2D eigenvalue weighted by molar-refractivity contribution is 8.18. The normalized spacial score (nSPS) is 18.1. The molecule has 2 aromatic carbocycles. The number of hydrogen-bond donors (Lipinski definition) is 0. The second-order valence-electron chi connectivity index (χ2n) is 6.59. The topological polar surface area (TPSA) is 60.4 Å². The molecule has 4 rings (SSSR count). The van der Waals surface area contributed by atoms with Crippen LogP contribution in [-0.4, -0.2) is 49.4 Å². The van der Waals surface area contributed by atoms with Crippen molar-refractivity contribution in [3.8, 4) is 11.5 Å². The van der Waals surface area contributed by atoms with Crippen molar-refractivity contribution in [2.45, 2.75) is 6.61 Å². The Hall–Kier alpha value is -2.77. The molecule has 0 atom stereocenters. The van der Waals surface area contributed by atoms with Crippen molar-refractivity contribution in [3.63, 3.8) is 0 Å². The number of carbonyl (C=O) groups excluding carboxylic acids is 1. The van der Waals surface area contributed by atoms with E-state index in [-0.39, 0.29) is 5.91 Å². The highest BCUT2D eigenvalue weighted by atomic mass is 32.2. The van der Waals surface area contributed by atoms with E-state index in [0.717, 1.165) is 29.4 Å². The maximum absolute atomic E-state index is 12.4. The van der Waals surface area contributed by atoms with Crippen molar-refractivity contribution in [2.24, 2.45) is 4.99 Å². The summed E-state index contributed by atoms with van der Waals surface area (Å²) in [4.78, 5) is 19.3. The van der Waals surface area contributed by atoms with Crippen molar-refractivity contribution in [3.05, 3.63) is 64.6 Å². The molecule has 7 heteroatoms. The lowest BCUT2D eigenvalue weighted by Gasteiger charge is -2.27. The summed E-state index contributed by atoms with van der Waals surface area (Å²) in [7, 11) is 1.61. The number of ether oxygens (including phenoxy) is 3. The van der Waals surface area contributed by atoms with Crippen molar-refractivity contribution in [2.75, 3.05) is 33.4 Å². The van der Waals surface area contributed by atoms with Crippen LogP contribution in [0.3, 0.4) is 0 Å². The van der Waals surface area contributed by atoms with Gasteiger partial charge in [-0.15, -0.1) is 0 Å². The van der Waals surface area contributed by atoms with Gasteiger partial charge in [-0.25, -0.2) is 0 Å². The van der Waals surface area contributed by atoms with Crippen LogP contribution in [0.1, 0.15) is 11.1 Å². The third-order valence-electron chi connectivity index (χ3n) is 4.61. The molecule has 2 aliphatic rings. The smallest absolute Gasteiger partial charge is 0.286 e. The summed E-state index contributed by atoms with van der Waals surface area (Å²) >= 11 is 1.41. The molecule has 29 heavy (non-hydrogen) atoms. The van der Waals surface area contributed by atoms with Gasteiger partial charge >= 0.3 is 0 Å². The van der Waals surface area contributed by atoms with E-state index in [1.165, 1.54) is 11.8 Å². The summed E-state index contributed by atoms with van der Waals surface area (Å²) < 4.78 is 16.8. The van der Waals surface area contributed by atoms with Gasteiger partial charge in [0.15, 0.2) is 16.7 Å². The van der Waals surface area contributed by atoms with Crippen LogP contribution in [0.4, 0.5) is 0 Å². The summed E-state index contributed by atoms with van der Waals surface area (Å²) in [6, 6.07) is 15.6. The van der Waals surface area contributed by atoms with E-state index in [1.54, 1.807) is 7.11 Å². The Morgan fingerprint density at radius 3 is 2.69 bits per heavy atom. The summed E-state index contributed by atoms with van der Waals surface area (Å²) in [5.41, 5.74) is 1.94. The maximum atomic E-state index is 12.4. The number of carbonyl (C=O) groups is 1. The van der Waals surface area contributed by atoms with Crippen LogP contribution in [0, 0.1) is 0 Å². The van der Waals surface area contributed by atoms with Crippen LogP contribution in [0.15, 0.2) is 58.4 Å². The largest absolute Gasteiger partial charge is 0.493 e. The lowest BCUT2D eigenvalue weighted by Crippen LogP contribution is -2.38. The number of amides is 1. The van der Waals surface area contributed by atoms with Crippen LogP contribution in [0.25, 0.3) is 6.08 Å². The zero-order valence-electron chi connectivity index (χ0n) is 16.2. The van der Waals surface area contributed by atoms with Gasteiger partial charge in [0.05, 0.1) is 25.2 Å². The molecule has 0 spiro atoms. The van der Waals surface area contributed by atoms with Gasteiger partial charge in [0.1, 0.15) is 6.61 Å². The van der Waals surface area contributed by atoms with Gasteiger partial charge in [-0.2, -0.15) is 4.99 Å². The number of amidine groups is 1. The van der Waals surface area contributed by atoms with E-state index in [1.807, 2.05) is 54.6 Å². The highest BCUT2D eigenvalue weighted by Crippen LogP contribution is 2.33. The van der Waals surface area contributed by atoms with Crippen molar-refractivity contribution >= 4 is 28.9 Å². The lowest BCUT2D eigenvalue weighted by atomic mass is 10.2. The minimum absolute atomic E-state index is 0.209. The zero-order valence-corrected chi connectivity index (χ0v) is 17.0. The Kier molecular flexibility index (Phi) is 6.17. The number of thioether (sulfide) groups is 1. The Balaban J connectivity index is 1.49. The van der Waals surface area contributed by atoms with E-state index in [4.69, 9.17) is 14.2 Å². The molecule has 0 unspecified atom stereocenters. The molecule has 0 bridgehead atoms. The molecule has 0 radical (unpaired) electrons. The molecular weight excluding hydrogens is 388 g/mol. The molecule has 1 saturated heterocycles. The van der Waals surface area contributed by atoms with Crippen LogP contribution < -0.4 is 9.47 Å². The molecule has 2 aromatic rings. The molecule has 0 aromatic heterocycles. The molecule has 6 nitrogen and oxygen atoms in total. The van der Waals surface area contributed by atoms with Gasteiger partial charge in [-0.3, -0.25) is 4.79 Å². The lowest BCUT2D eigenvalue weighted by molar-refractivity contribution is -0.113. The second kappa shape index (κ2) is 9.15. The van der Waals surface area contributed by atoms with Gasteiger partial charge in [-0.1, -0.05) is 36.4 Å². The number of hydrogen-bond acceptors (Lipinski definition) is 6. The molecule has 0 N–H and O–H groups in total. The molecule has 1 amide bonds. The third-order valence-corrected chi connectivity index (χ3v) is 5.66. The number of methoxy groups -OCH3 is 1. The number of morpholine rings is 1. The second-order valence-corrected chi connectivity index (χ2v) is 7.60. The van der Waals surface area contributed by atoms with Gasteiger partial charge in [0.2, 0.25) is 0 Å². The van der Waals surface area contributed by atoms with E-state index >= 15 is 0 Å². The van der Waals surface area contributed by atoms with E-state index in [0.29, 0.717) is 36.2 Å². The number of benzene rings is 2. The fraction of sp³-hybridized carbons (Fsp3) is 0.273. The number of aliphatic imine (C=N–C) groups is 1. The third kappa shape index (κ3) is 4.81. The summed E-state index contributed by atoms with van der Waals surface area (Å²) in [6.07, 6.45) is 1.85. The first kappa shape index (κ1) is 19.5. The molecular formula is C22H22N2O4S. The minimum atomic E-state index is -0.209. The van der Waals surface area contributed by atoms with E-state index in [2.05, 4.69) is 9.89 Å². The van der Waals surface area contributed by atoms with Crippen LogP contribution in [-0.2, 0) is 16.1 Å². The molecule has 150 valence electrons. The summed E-state index contributed by atoms with van der Waals surface area (Å²) in [5, 5.41) is 0.749. The van der Waals surface area contributed by atoms with Gasteiger partial charge in [0, 0.05) is 13.1 Å². The fourth-order valence-electron chi connectivity index (χ4n) is 3.07. The van der Waals surface area contributed by atoms with Crippen LogP contribution in [0.2, 0.25) is 0 Å². The molecule has 0 saturated carbocycles. The van der Waals surface area contributed by atoms with Gasteiger partial charge < -0.3 is 19.1 Å². The average molecular weight is 410 g/mol. The highest BCUT2D eigenvalue weighted by Gasteiger charge is 2.27. The zero-order chi connectivity index (χ0) is 20.1. The molecule has 1 fully saturated rings. The first-order valence-corrected chi connectivity index (χ1v) is 10.2. The Bertz CT molecular complexity index is 937. The van der Waals surface area contributed by atoms with Crippen LogP contribution >= 0.6 is 11.8 Å². The molecule has 0 aliphatic carbocycles. The van der Waals surface area contributed by atoms with E-state index < -0.39 is 0 Å². The monoisotopic (exact) mass is 410 g/mol. The molecule has 2 heterocycles. The average Bonchev–Trinajstić information content (AvgIpc) is 3.14.